The SMILES string of the molecule is CNC(=O)c1scc(C)c1N. The van der Waals surface area contributed by atoms with Crippen molar-refractivity contribution in [3.05, 3.63) is 15.8 Å². The van der Waals surface area contributed by atoms with Crippen LogP contribution in [0.25, 0.3) is 0 Å². The fraction of sp³-hybridized carbons (Fsp3) is 0.286. The summed E-state index contributed by atoms with van der Waals surface area (Å²) in [5.74, 6) is -0.111. The number of nitrogens with two attached hydrogens (primary N) is 1. The summed E-state index contributed by atoms with van der Waals surface area (Å²) in [5, 5.41) is 4.40. The molecule has 0 aromatic carbocycles. The van der Waals surface area contributed by atoms with Crippen LogP contribution < -0.4 is 11.1 Å². The Labute approximate surface area is 69.2 Å². The predicted octanol–water partition coefficient (Wildman–Crippen LogP) is 0.998. The summed E-state index contributed by atoms with van der Waals surface area (Å²) in [6, 6.07) is 0. The van der Waals surface area contributed by atoms with Crippen LogP contribution in [0.2, 0.25) is 0 Å². The normalized spacial score (nSPS) is 9.64. The lowest BCUT2D eigenvalue weighted by atomic mass is 10.3. The van der Waals surface area contributed by atoms with E-state index in [-0.39, 0.29) is 5.91 Å². The molecule has 4 heteroatoms. The van der Waals surface area contributed by atoms with Crippen molar-refractivity contribution in [1.82, 2.24) is 5.32 Å². The molecule has 1 aromatic rings. The van der Waals surface area contributed by atoms with Gasteiger partial charge >= 0.3 is 0 Å². The Hall–Kier alpha value is -1.03. The fourth-order valence-corrected chi connectivity index (χ4v) is 1.66. The van der Waals surface area contributed by atoms with Crippen LogP contribution in [-0.2, 0) is 0 Å². The van der Waals surface area contributed by atoms with E-state index in [0.717, 1.165) is 5.56 Å². The van der Waals surface area contributed by atoms with E-state index in [1.807, 2.05) is 12.3 Å². The van der Waals surface area contributed by atoms with Gasteiger partial charge in [0.15, 0.2) is 0 Å². The minimum atomic E-state index is -0.111. The second-order valence-corrected chi connectivity index (χ2v) is 3.12. The van der Waals surface area contributed by atoms with E-state index in [2.05, 4.69) is 5.32 Å². The maximum atomic E-state index is 11.1. The topological polar surface area (TPSA) is 55.1 Å². The molecule has 3 nitrogen and oxygen atoms in total. The van der Waals surface area contributed by atoms with E-state index in [9.17, 15) is 4.79 Å². The van der Waals surface area contributed by atoms with Crippen LogP contribution in [-0.4, -0.2) is 13.0 Å². The van der Waals surface area contributed by atoms with Gasteiger partial charge in [0, 0.05) is 7.05 Å². The van der Waals surface area contributed by atoms with Gasteiger partial charge in [0.05, 0.1) is 5.69 Å². The van der Waals surface area contributed by atoms with E-state index in [1.165, 1.54) is 11.3 Å². The van der Waals surface area contributed by atoms with E-state index in [4.69, 9.17) is 5.73 Å². The number of hydrogen-bond acceptors (Lipinski definition) is 3. The lowest BCUT2D eigenvalue weighted by Gasteiger charge is -1.96. The number of carbonyl (C=O) groups excluding carboxylic acids is 1. The second kappa shape index (κ2) is 2.92. The standard InChI is InChI=1S/C7H10N2OS/c1-4-3-11-6(5(4)8)7(10)9-2/h3H,8H2,1-2H3,(H,9,10). The third-order valence-corrected chi connectivity index (χ3v) is 2.57. The largest absolute Gasteiger partial charge is 0.397 e. The molecule has 60 valence electrons. The zero-order chi connectivity index (χ0) is 8.43. The van der Waals surface area contributed by atoms with Gasteiger partial charge in [-0.1, -0.05) is 0 Å². The molecule has 3 N–H and O–H groups in total. The summed E-state index contributed by atoms with van der Waals surface area (Å²) in [6.07, 6.45) is 0. The van der Waals surface area contributed by atoms with Crippen molar-refractivity contribution in [2.75, 3.05) is 12.8 Å². The van der Waals surface area contributed by atoms with Crippen LogP contribution in [0.15, 0.2) is 5.38 Å². The monoisotopic (exact) mass is 170 g/mol. The van der Waals surface area contributed by atoms with Crippen molar-refractivity contribution in [1.29, 1.82) is 0 Å². The number of nitrogens with one attached hydrogen (secondary N) is 1. The average Bonchev–Trinajstić information content (AvgIpc) is 2.32. The molecule has 0 bridgehead atoms. The first-order chi connectivity index (χ1) is 5.16. The zero-order valence-electron chi connectivity index (χ0n) is 6.47. The maximum Gasteiger partial charge on any atom is 0.263 e. The van der Waals surface area contributed by atoms with Crippen molar-refractivity contribution in [2.24, 2.45) is 0 Å². The molecule has 1 aromatic heterocycles. The number of thiophene rings is 1. The Morgan fingerprint density at radius 2 is 2.36 bits per heavy atom. The summed E-state index contributed by atoms with van der Waals surface area (Å²) >= 11 is 1.37. The summed E-state index contributed by atoms with van der Waals surface area (Å²) < 4.78 is 0. The zero-order valence-corrected chi connectivity index (χ0v) is 7.29. The van der Waals surface area contributed by atoms with Crippen LogP contribution in [0.5, 0.6) is 0 Å². The highest BCUT2D eigenvalue weighted by atomic mass is 32.1. The van der Waals surface area contributed by atoms with Crippen molar-refractivity contribution in [2.45, 2.75) is 6.92 Å². The van der Waals surface area contributed by atoms with Crippen molar-refractivity contribution in [3.63, 3.8) is 0 Å². The van der Waals surface area contributed by atoms with Gasteiger partial charge in [0.2, 0.25) is 0 Å². The number of anilines is 1. The molecule has 11 heavy (non-hydrogen) atoms. The number of hydrogen-bond donors (Lipinski definition) is 2. The predicted molar refractivity (Wildman–Crippen MR) is 46.9 cm³/mol. The number of nitrogen functional groups attached to an aromatic ring is 1. The third-order valence-electron chi connectivity index (χ3n) is 1.46. The summed E-state index contributed by atoms with van der Waals surface area (Å²) in [6.45, 7) is 1.89. The second-order valence-electron chi connectivity index (χ2n) is 2.24. The molecule has 0 aliphatic rings. The molecule has 0 aliphatic heterocycles. The van der Waals surface area contributed by atoms with E-state index in [0.29, 0.717) is 10.6 Å². The molecule has 0 aliphatic carbocycles. The molecule has 0 atom stereocenters. The first-order valence-corrected chi connectivity index (χ1v) is 4.10. The molecule has 1 heterocycles. The molecule has 0 saturated heterocycles. The summed E-state index contributed by atoms with van der Waals surface area (Å²) in [4.78, 5) is 11.7. The molecule has 1 amide bonds. The Bertz CT molecular complexity index is 280. The number of amides is 1. The van der Waals surface area contributed by atoms with Gasteiger partial charge in [-0.15, -0.1) is 11.3 Å². The smallest absolute Gasteiger partial charge is 0.263 e. The van der Waals surface area contributed by atoms with Gasteiger partial charge in [0.1, 0.15) is 4.88 Å². The highest BCUT2D eigenvalue weighted by molar-refractivity contribution is 7.12. The number of rotatable bonds is 1. The molecule has 0 radical (unpaired) electrons. The van der Waals surface area contributed by atoms with Crippen molar-refractivity contribution < 1.29 is 4.79 Å². The fourth-order valence-electron chi connectivity index (χ4n) is 0.743. The minimum Gasteiger partial charge on any atom is -0.397 e. The lowest BCUT2D eigenvalue weighted by Crippen LogP contribution is -2.17. The van der Waals surface area contributed by atoms with Gasteiger partial charge in [0.25, 0.3) is 5.91 Å². The molecular formula is C7H10N2OS. The lowest BCUT2D eigenvalue weighted by molar-refractivity contribution is 0.0968. The Balaban J connectivity index is 3.04. The number of carbonyl (C=O) groups is 1. The van der Waals surface area contributed by atoms with Crippen LogP contribution in [0.1, 0.15) is 15.2 Å². The Morgan fingerprint density at radius 3 is 2.73 bits per heavy atom. The molecule has 1 rings (SSSR count). The Morgan fingerprint density at radius 1 is 1.73 bits per heavy atom. The van der Waals surface area contributed by atoms with E-state index >= 15 is 0 Å². The molecule has 0 spiro atoms. The summed E-state index contributed by atoms with van der Waals surface area (Å²) in [7, 11) is 1.59. The van der Waals surface area contributed by atoms with E-state index < -0.39 is 0 Å². The highest BCUT2D eigenvalue weighted by Gasteiger charge is 2.10. The van der Waals surface area contributed by atoms with Gasteiger partial charge in [-0.05, 0) is 17.9 Å². The van der Waals surface area contributed by atoms with Gasteiger partial charge in [-0.3, -0.25) is 4.79 Å². The van der Waals surface area contributed by atoms with Gasteiger partial charge in [-0.2, -0.15) is 0 Å². The first kappa shape index (κ1) is 8.07. The van der Waals surface area contributed by atoms with Crippen molar-refractivity contribution in [3.8, 4) is 0 Å². The minimum absolute atomic E-state index is 0.111. The van der Waals surface area contributed by atoms with Crippen molar-refractivity contribution >= 4 is 22.9 Å². The van der Waals surface area contributed by atoms with E-state index in [1.54, 1.807) is 7.05 Å². The quantitative estimate of drug-likeness (QED) is 0.660. The van der Waals surface area contributed by atoms with Crippen LogP contribution >= 0.6 is 11.3 Å². The van der Waals surface area contributed by atoms with Crippen LogP contribution in [0.3, 0.4) is 0 Å². The molecular weight excluding hydrogens is 160 g/mol. The van der Waals surface area contributed by atoms with Crippen LogP contribution in [0.4, 0.5) is 5.69 Å². The Kier molecular flexibility index (Phi) is 2.14. The highest BCUT2D eigenvalue weighted by Crippen LogP contribution is 2.23. The summed E-state index contributed by atoms with van der Waals surface area (Å²) in [5.41, 5.74) is 7.19. The first-order valence-electron chi connectivity index (χ1n) is 3.22. The van der Waals surface area contributed by atoms with Crippen LogP contribution in [0, 0.1) is 6.92 Å². The third kappa shape index (κ3) is 1.35. The number of aryl methyl sites for hydroxylation is 1. The average molecular weight is 170 g/mol. The van der Waals surface area contributed by atoms with Gasteiger partial charge in [-0.25, -0.2) is 0 Å². The molecule has 0 unspecified atom stereocenters. The van der Waals surface area contributed by atoms with Gasteiger partial charge < -0.3 is 11.1 Å². The molecule has 0 saturated carbocycles. The maximum absolute atomic E-state index is 11.1. The molecule has 0 fully saturated rings.